The van der Waals surface area contributed by atoms with E-state index in [4.69, 9.17) is 0 Å². The number of hydrogen-bond acceptors (Lipinski definition) is 5. The van der Waals surface area contributed by atoms with E-state index in [2.05, 4.69) is 10.3 Å². The topological polar surface area (TPSA) is 67.2 Å². The van der Waals surface area contributed by atoms with Gasteiger partial charge in [-0.25, -0.2) is 0 Å². The molecule has 0 fully saturated rings. The number of aliphatic hydroxyl groups excluding tert-OH is 1. The Morgan fingerprint density at radius 3 is 2.39 bits per heavy atom. The molecule has 152 valence electrons. The molecule has 0 saturated carbocycles. The molecule has 1 unspecified atom stereocenters. The molecule has 0 aliphatic rings. The minimum Gasteiger partial charge on any atom is -0.381 e. The largest absolute Gasteiger partial charge is 0.381 e. The molecule has 5 rings (SSSR count). The van der Waals surface area contributed by atoms with Gasteiger partial charge in [-0.1, -0.05) is 42.5 Å². The van der Waals surface area contributed by atoms with Crippen molar-refractivity contribution >= 4 is 33.7 Å². The van der Waals surface area contributed by atoms with Gasteiger partial charge in [-0.05, 0) is 41.8 Å². The maximum atomic E-state index is 12.9. The standard InChI is InChI=1S/C25H19N3O2S/c29-22-15-24(27-17-8-3-1-4-9-17)28(18-10-5-2-6-11-18)21-14-20(26-16-19(21)22)25(30)23-12-7-13-31-23/h1-16,25,27,30H. The van der Waals surface area contributed by atoms with Gasteiger partial charge in [0.2, 0.25) is 0 Å². The fraction of sp³-hybridized carbons (Fsp3) is 0.0400. The zero-order chi connectivity index (χ0) is 21.2. The molecule has 0 radical (unpaired) electrons. The second kappa shape index (κ2) is 8.18. The van der Waals surface area contributed by atoms with E-state index in [1.807, 2.05) is 82.7 Å². The van der Waals surface area contributed by atoms with Crippen molar-refractivity contribution in [1.82, 2.24) is 9.55 Å². The molecule has 5 nitrogen and oxygen atoms in total. The van der Waals surface area contributed by atoms with Gasteiger partial charge < -0.3 is 10.4 Å². The van der Waals surface area contributed by atoms with E-state index in [0.717, 1.165) is 16.3 Å². The number of thiophene rings is 1. The highest BCUT2D eigenvalue weighted by molar-refractivity contribution is 7.10. The summed E-state index contributed by atoms with van der Waals surface area (Å²) in [7, 11) is 0. The summed E-state index contributed by atoms with van der Waals surface area (Å²) >= 11 is 1.47. The maximum absolute atomic E-state index is 12.9. The highest BCUT2D eigenvalue weighted by atomic mass is 32.1. The Labute approximate surface area is 182 Å². The summed E-state index contributed by atoms with van der Waals surface area (Å²) < 4.78 is 1.98. The molecule has 1 atom stereocenters. The lowest BCUT2D eigenvalue weighted by molar-refractivity contribution is 0.219. The molecular weight excluding hydrogens is 406 g/mol. The fourth-order valence-electron chi connectivity index (χ4n) is 3.59. The van der Waals surface area contributed by atoms with Gasteiger partial charge in [0, 0.05) is 28.5 Å². The molecule has 2 N–H and O–H groups in total. The number of fused-ring (bicyclic) bond motifs is 1. The summed E-state index contributed by atoms with van der Waals surface area (Å²) in [5.74, 6) is 0.637. The lowest BCUT2D eigenvalue weighted by Gasteiger charge is -2.19. The van der Waals surface area contributed by atoms with Gasteiger partial charge in [-0.15, -0.1) is 11.3 Å². The molecule has 3 aromatic heterocycles. The smallest absolute Gasteiger partial charge is 0.193 e. The van der Waals surface area contributed by atoms with Crippen LogP contribution in [0.4, 0.5) is 11.5 Å². The predicted octanol–water partition coefficient (Wildman–Crippen LogP) is 5.27. The van der Waals surface area contributed by atoms with E-state index in [9.17, 15) is 9.90 Å². The lowest BCUT2D eigenvalue weighted by Crippen LogP contribution is -2.14. The minimum absolute atomic E-state index is 0.134. The molecule has 0 aliphatic heterocycles. The number of aliphatic hydroxyl groups is 1. The van der Waals surface area contributed by atoms with Crippen molar-refractivity contribution in [2.75, 3.05) is 5.32 Å². The molecule has 0 amide bonds. The second-order valence-electron chi connectivity index (χ2n) is 7.10. The van der Waals surface area contributed by atoms with Crippen LogP contribution in [0.3, 0.4) is 0 Å². The Hall–Kier alpha value is -3.74. The first-order valence-corrected chi connectivity index (χ1v) is 10.7. The third-order valence-electron chi connectivity index (χ3n) is 5.07. The summed E-state index contributed by atoms with van der Waals surface area (Å²) in [6.07, 6.45) is 0.699. The van der Waals surface area contributed by atoms with E-state index in [-0.39, 0.29) is 5.43 Å². The van der Waals surface area contributed by atoms with Crippen molar-refractivity contribution in [1.29, 1.82) is 0 Å². The first-order valence-electron chi connectivity index (χ1n) is 9.85. The minimum atomic E-state index is -0.852. The van der Waals surface area contributed by atoms with E-state index >= 15 is 0 Å². The van der Waals surface area contributed by atoms with Gasteiger partial charge in [0.25, 0.3) is 0 Å². The molecule has 0 aliphatic carbocycles. The number of nitrogens with one attached hydrogen (secondary N) is 1. The quantitative estimate of drug-likeness (QED) is 0.402. The van der Waals surface area contributed by atoms with Crippen molar-refractivity contribution in [3.05, 3.63) is 117 Å². The number of nitrogens with zero attached hydrogens (tertiary/aromatic N) is 2. The van der Waals surface area contributed by atoms with E-state index in [0.29, 0.717) is 22.4 Å². The van der Waals surface area contributed by atoms with E-state index in [1.54, 1.807) is 18.3 Å². The summed E-state index contributed by atoms with van der Waals surface area (Å²) in [6.45, 7) is 0. The Morgan fingerprint density at radius 2 is 1.68 bits per heavy atom. The van der Waals surface area contributed by atoms with Crippen LogP contribution in [0.15, 0.2) is 101 Å². The average Bonchev–Trinajstić information content (AvgIpc) is 3.35. The van der Waals surface area contributed by atoms with Crippen molar-refractivity contribution in [3.8, 4) is 5.69 Å². The van der Waals surface area contributed by atoms with Crippen LogP contribution in [0.1, 0.15) is 16.7 Å². The first kappa shape index (κ1) is 19.2. The van der Waals surface area contributed by atoms with Crippen LogP contribution in [0.5, 0.6) is 0 Å². The van der Waals surface area contributed by atoms with Crippen LogP contribution >= 0.6 is 11.3 Å². The van der Waals surface area contributed by atoms with Crippen molar-refractivity contribution in [2.45, 2.75) is 6.10 Å². The second-order valence-corrected chi connectivity index (χ2v) is 8.08. The number of pyridine rings is 2. The third kappa shape index (κ3) is 3.74. The Morgan fingerprint density at radius 1 is 0.935 bits per heavy atom. The molecular formula is C25H19N3O2S. The van der Waals surface area contributed by atoms with Crippen LogP contribution in [-0.4, -0.2) is 14.7 Å². The van der Waals surface area contributed by atoms with Crippen LogP contribution in [-0.2, 0) is 0 Å². The lowest BCUT2D eigenvalue weighted by atomic mass is 10.1. The summed E-state index contributed by atoms with van der Waals surface area (Å²) in [4.78, 5) is 18.1. The first-order chi connectivity index (χ1) is 15.2. The fourth-order valence-corrected chi connectivity index (χ4v) is 4.31. The number of hydrogen-bond donors (Lipinski definition) is 2. The number of benzene rings is 2. The van der Waals surface area contributed by atoms with Crippen molar-refractivity contribution < 1.29 is 5.11 Å². The molecule has 0 spiro atoms. The molecule has 3 heterocycles. The number of para-hydroxylation sites is 2. The van der Waals surface area contributed by atoms with Gasteiger partial charge in [0.05, 0.1) is 16.6 Å². The average molecular weight is 426 g/mol. The van der Waals surface area contributed by atoms with Gasteiger partial charge >= 0.3 is 0 Å². The van der Waals surface area contributed by atoms with Gasteiger partial charge in [0.1, 0.15) is 11.9 Å². The van der Waals surface area contributed by atoms with Crippen LogP contribution in [0, 0.1) is 0 Å². The molecule has 0 saturated heterocycles. The van der Waals surface area contributed by atoms with Crippen LogP contribution in [0.2, 0.25) is 0 Å². The summed E-state index contributed by atoms with van der Waals surface area (Å²) in [5.41, 5.74) is 2.81. The monoisotopic (exact) mass is 425 g/mol. The summed E-state index contributed by atoms with van der Waals surface area (Å²) in [6, 6.07) is 26.7. The molecule has 31 heavy (non-hydrogen) atoms. The normalized spacial score (nSPS) is 12.0. The molecule has 0 bridgehead atoms. The van der Waals surface area contributed by atoms with Gasteiger partial charge in [-0.3, -0.25) is 14.3 Å². The van der Waals surface area contributed by atoms with Gasteiger partial charge in [-0.2, -0.15) is 0 Å². The van der Waals surface area contributed by atoms with Crippen molar-refractivity contribution in [3.63, 3.8) is 0 Å². The summed E-state index contributed by atoms with van der Waals surface area (Å²) in [5, 5.41) is 16.6. The molecule has 5 aromatic rings. The third-order valence-corrected chi connectivity index (χ3v) is 6.00. The predicted molar refractivity (Wildman–Crippen MR) is 125 cm³/mol. The number of rotatable bonds is 5. The zero-order valence-electron chi connectivity index (χ0n) is 16.5. The number of anilines is 2. The van der Waals surface area contributed by atoms with E-state index in [1.165, 1.54) is 11.3 Å². The zero-order valence-corrected chi connectivity index (χ0v) is 17.3. The highest BCUT2D eigenvalue weighted by Crippen LogP contribution is 2.29. The van der Waals surface area contributed by atoms with E-state index < -0.39 is 6.10 Å². The number of aromatic nitrogens is 2. The highest BCUT2D eigenvalue weighted by Gasteiger charge is 2.17. The Kier molecular flexibility index (Phi) is 5.08. The van der Waals surface area contributed by atoms with Gasteiger partial charge in [0.15, 0.2) is 5.43 Å². The SMILES string of the molecule is O=c1cc(Nc2ccccc2)n(-c2ccccc2)c2cc(C(O)c3cccs3)ncc12. The Balaban J connectivity index is 1.75. The molecule has 2 aromatic carbocycles. The Bertz CT molecular complexity index is 1380. The van der Waals surface area contributed by atoms with Crippen LogP contribution < -0.4 is 10.7 Å². The van der Waals surface area contributed by atoms with Crippen molar-refractivity contribution in [2.24, 2.45) is 0 Å². The maximum Gasteiger partial charge on any atom is 0.193 e. The molecule has 6 heteroatoms. The van der Waals surface area contributed by atoms with Crippen LogP contribution in [0.25, 0.3) is 16.6 Å².